The molecule has 0 radical (unpaired) electrons. The maximum atomic E-state index is 3.65. The highest BCUT2D eigenvalue weighted by Crippen LogP contribution is 2.14. The van der Waals surface area contributed by atoms with Gasteiger partial charge in [0, 0.05) is 5.57 Å². The van der Waals surface area contributed by atoms with Crippen LogP contribution in [0.1, 0.15) is 18.9 Å². The number of benzene rings is 1. The Balaban J connectivity index is 3.02. The summed E-state index contributed by atoms with van der Waals surface area (Å²) in [7, 11) is 0. The fraction of sp³-hybridized carbons (Fsp3) is 0.182. The number of allylic oxidation sites excluding steroid dienone is 1. The molecule has 0 aromatic heterocycles. The molecule has 0 atom stereocenters. The van der Waals surface area contributed by atoms with Gasteiger partial charge in [0.1, 0.15) is 0 Å². The van der Waals surface area contributed by atoms with Crippen molar-refractivity contribution in [3.8, 4) is 0 Å². The van der Waals surface area contributed by atoms with Crippen LogP contribution in [0.5, 0.6) is 0 Å². The molecule has 56 valence electrons. The van der Waals surface area contributed by atoms with Gasteiger partial charge < -0.3 is 0 Å². The molecule has 0 heteroatoms. The van der Waals surface area contributed by atoms with Gasteiger partial charge in [-0.2, -0.15) is 0 Å². The molecule has 0 aliphatic carbocycles. The Morgan fingerprint density at radius 3 is 2.45 bits per heavy atom. The van der Waals surface area contributed by atoms with Crippen molar-refractivity contribution >= 4 is 5.57 Å². The first-order chi connectivity index (χ1) is 5.38. The molecule has 11 heavy (non-hydrogen) atoms. The second-order valence-electron chi connectivity index (χ2n) is 2.37. The quantitative estimate of drug-likeness (QED) is 0.559. The van der Waals surface area contributed by atoms with Crippen LogP contribution in [0.4, 0.5) is 0 Å². The van der Waals surface area contributed by atoms with Gasteiger partial charge in [0.25, 0.3) is 0 Å². The smallest absolute Gasteiger partial charge is 0.000306 e. The molecule has 0 saturated carbocycles. The van der Waals surface area contributed by atoms with Crippen molar-refractivity contribution in [2.24, 2.45) is 0 Å². The first-order valence-corrected chi connectivity index (χ1v) is 3.82. The third-order valence-corrected chi connectivity index (χ3v) is 1.69. The summed E-state index contributed by atoms with van der Waals surface area (Å²) in [5, 5.41) is 0. The summed E-state index contributed by atoms with van der Waals surface area (Å²) >= 11 is 0. The molecule has 0 N–H and O–H groups in total. The Morgan fingerprint density at radius 2 is 2.00 bits per heavy atom. The average molecular weight is 144 g/mol. The zero-order valence-electron chi connectivity index (χ0n) is 6.80. The molecule has 0 unspecified atom stereocenters. The van der Waals surface area contributed by atoms with Crippen LogP contribution < -0.4 is 0 Å². The minimum absolute atomic E-state index is 0.994. The Labute approximate surface area is 67.9 Å². The van der Waals surface area contributed by atoms with Crippen LogP contribution in [0.15, 0.2) is 42.6 Å². The molecule has 1 aromatic carbocycles. The topological polar surface area (TPSA) is 0 Å². The Kier molecular flexibility index (Phi) is 2.71. The second kappa shape index (κ2) is 3.80. The summed E-state index contributed by atoms with van der Waals surface area (Å²) in [5.41, 5.74) is 5.35. The van der Waals surface area contributed by atoms with Gasteiger partial charge >= 0.3 is 0 Å². The third kappa shape index (κ3) is 1.83. The second-order valence-corrected chi connectivity index (χ2v) is 2.37. The highest BCUT2D eigenvalue weighted by atomic mass is 14.0. The van der Waals surface area contributed by atoms with Gasteiger partial charge in [-0.3, -0.25) is 0 Å². The summed E-state index contributed by atoms with van der Waals surface area (Å²) in [4.78, 5) is 0. The lowest BCUT2D eigenvalue weighted by molar-refractivity contribution is 1.24. The van der Waals surface area contributed by atoms with Crippen LogP contribution in [-0.2, 0) is 0 Å². The molecular weight excluding hydrogens is 132 g/mol. The summed E-state index contributed by atoms with van der Waals surface area (Å²) in [6, 6.07) is 10.2. The van der Waals surface area contributed by atoms with Crippen molar-refractivity contribution in [1.29, 1.82) is 0 Å². The van der Waals surface area contributed by atoms with E-state index in [1.54, 1.807) is 0 Å². The van der Waals surface area contributed by atoms with E-state index < -0.39 is 0 Å². The molecule has 1 rings (SSSR count). The summed E-state index contributed by atoms with van der Waals surface area (Å²) in [5.74, 6) is 0. The highest BCUT2D eigenvalue weighted by Gasteiger charge is 1.93. The standard InChI is InChI=1S/C11H12/c1-3-10(4-2)11-8-6-5-7-9-11/h5-9H,1,4H2,2H3. The van der Waals surface area contributed by atoms with Crippen LogP contribution in [0, 0.1) is 0 Å². The Hall–Kier alpha value is -1.26. The maximum absolute atomic E-state index is 3.65. The number of rotatable bonds is 2. The van der Waals surface area contributed by atoms with E-state index in [-0.39, 0.29) is 0 Å². The Morgan fingerprint density at radius 1 is 1.36 bits per heavy atom. The van der Waals surface area contributed by atoms with E-state index in [1.165, 1.54) is 11.1 Å². The van der Waals surface area contributed by atoms with Gasteiger partial charge in [-0.05, 0) is 12.0 Å². The summed E-state index contributed by atoms with van der Waals surface area (Å²) in [6.45, 7) is 5.76. The van der Waals surface area contributed by atoms with Gasteiger partial charge in [-0.25, -0.2) is 0 Å². The highest BCUT2D eigenvalue weighted by molar-refractivity contribution is 5.64. The molecule has 0 saturated heterocycles. The summed E-state index contributed by atoms with van der Waals surface area (Å²) in [6.07, 6.45) is 0.994. The predicted molar refractivity (Wildman–Crippen MR) is 49.3 cm³/mol. The zero-order chi connectivity index (χ0) is 8.10. The van der Waals surface area contributed by atoms with Crippen LogP contribution in [0.25, 0.3) is 5.57 Å². The van der Waals surface area contributed by atoms with E-state index in [2.05, 4.69) is 31.4 Å². The molecule has 0 bridgehead atoms. The molecule has 0 aliphatic rings. The van der Waals surface area contributed by atoms with Gasteiger partial charge in [0.05, 0.1) is 0 Å². The normalized spacial score (nSPS) is 8.82. The van der Waals surface area contributed by atoms with E-state index >= 15 is 0 Å². The van der Waals surface area contributed by atoms with Crippen LogP contribution >= 0.6 is 0 Å². The molecule has 0 spiro atoms. The maximum Gasteiger partial charge on any atom is 0.000306 e. The SMILES string of the molecule is C=C=C(CC)c1ccccc1. The van der Waals surface area contributed by atoms with Crippen LogP contribution in [0.3, 0.4) is 0 Å². The van der Waals surface area contributed by atoms with E-state index in [0.717, 1.165) is 6.42 Å². The molecular formula is C11H12. The third-order valence-electron chi connectivity index (χ3n) is 1.69. The predicted octanol–water partition coefficient (Wildman–Crippen LogP) is 3.26. The first-order valence-electron chi connectivity index (χ1n) is 3.82. The van der Waals surface area contributed by atoms with Crippen molar-refractivity contribution in [2.75, 3.05) is 0 Å². The van der Waals surface area contributed by atoms with Crippen molar-refractivity contribution in [3.63, 3.8) is 0 Å². The number of hydrogen-bond acceptors (Lipinski definition) is 0. The minimum atomic E-state index is 0.994. The minimum Gasteiger partial charge on any atom is -0.125 e. The average Bonchev–Trinajstić information content (AvgIpc) is 2.09. The first kappa shape index (κ1) is 7.84. The Bertz CT molecular complexity index is 263. The fourth-order valence-electron chi connectivity index (χ4n) is 1.07. The van der Waals surface area contributed by atoms with Crippen molar-refractivity contribution in [2.45, 2.75) is 13.3 Å². The molecule has 0 fully saturated rings. The van der Waals surface area contributed by atoms with Gasteiger partial charge in [-0.1, -0.05) is 43.8 Å². The lowest BCUT2D eigenvalue weighted by atomic mass is 10.1. The van der Waals surface area contributed by atoms with E-state index in [9.17, 15) is 0 Å². The molecule has 1 aromatic rings. The van der Waals surface area contributed by atoms with Crippen molar-refractivity contribution < 1.29 is 0 Å². The van der Waals surface area contributed by atoms with Crippen LogP contribution in [-0.4, -0.2) is 0 Å². The van der Waals surface area contributed by atoms with Gasteiger partial charge in [-0.15, -0.1) is 5.73 Å². The lowest BCUT2D eigenvalue weighted by Gasteiger charge is -1.99. The van der Waals surface area contributed by atoms with Gasteiger partial charge in [0.2, 0.25) is 0 Å². The van der Waals surface area contributed by atoms with E-state index in [0.29, 0.717) is 0 Å². The molecule has 0 aliphatic heterocycles. The zero-order valence-corrected chi connectivity index (χ0v) is 6.80. The largest absolute Gasteiger partial charge is 0.125 e. The molecule has 0 nitrogen and oxygen atoms in total. The number of hydrogen-bond donors (Lipinski definition) is 0. The van der Waals surface area contributed by atoms with E-state index in [4.69, 9.17) is 0 Å². The van der Waals surface area contributed by atoms with Gasteiger partial charge in [0.15, 0.2) is 0 Å². The lowest BCUT2D eigenvalue weighted by Crippen LogP contribution is -1.78. The van der Waals surface area contributed by atoms with Crippen molar-refractivity contribution in [1.82, 2.24) is 0 Å². The fourth-order valence-corrected chi connectivity index (χ4v) is 1.07. The summed E-state index contributed by atoms with van der Waals surface area (Å²) < 4.78 is 0. The van der Waals surface area contributed by atoms with E-state index in [1.807, 2.05) is 18.2 Å². The monoisotopic (exact) mass is 144 g/mol. The van der Waals surface area contributed by atoms with Crippen molar-refractivity contribution in [3.05, 3.63) is 48.2 Å². The molecule has 0 amide bonds. The van der Waals surface area contributed by atoms with Crippen LogP contribution in [0.2, 0.25) is 0 Å². The molecule has 0 heterocycles.